The number of aryl methyl sites for hydroxylation is 1. The van der Waals surface area contributed by atoms with Gasteiger partial charge in [-0.15, -0.1) is 10.2 Å². The Labute approximate surface area is 190 Å². The molecule has 0 radical (unpaired) electrons. The Morgan fingerprint density at radius 1 is 1.15 bits per heavy atom. The average molecular weight is 467 g/mol. The number of aliphatic hydroxyl groups excluding tert-OH is 1. The van der Waals surface area contributed by atoms with Crippen LogP contribution >= 0.6 is 0 Å². The van der Waals surface area contributed by atoms with Crippen LogP contribution in [0.5, 0.6) is 0 Å². The fourth-order valence-corrected chi connectivity index (χ4v) is 4.31. The van der Waals surface area contributed by atoms with E-state index in [-0.39, 0.29) is 17.5 Å². The number of aliphatic hydroxyl groups is 1. The van der Waals surface area contributed by atoms with E-state index in [1.165, 1.54) is 12.3 Å². The van der Waals surface area contributed by atoms with Gasteiger partial charge in [0.2, 0.25) is 11.8 Å². The van der Waals surface area contributed by atoms with Crippen LogP contribution in [-0.2, 0) is 9.84 Å². The lowest BCUT2D eigenvalue weighted by Gasteiger charge is -2.19. The number of aromatic nitrogens is 6. The zero-order chi connectivity index (χ0) is 23.4. The predicted molar refractivity (Wildman–Crippen MR) is 123 cm³/mol. The Hall–Kier alpha value is -3.90. The molecule has 2 heterocycles. The van der Waals surface area contributed by atoms with Gasteiger partial charge in [0.15, 0.2) is 9.84 Å². The average Bonchev–Trinajstić information content (AvgIpc) is 3.32. The number of nitrogens with zero attached hydrogens (tertiary/aromatic N) is 5. The van der Waals surface area contributed by atoms with Gasteiger partial charge in [-0.1, -0.05) is 30.3 Å². The summed E-state index contributed by atoms with van der Waals surface area (Å²) in [5.74, 6) is 0.949. The highest BCUT2D eigenvalue weighted by atomic mass is 32.2. The van der Waals surface area contributed by atoms with Crippen LogP contribution in [0.15, 0.2) is 59.6 Å². The number of aromatic amines is 1. The van der Waals surface area contributed by atoms with Crippen molar-refractivity contribution in [1.29, 1.82) is 0 Å². The van der Waals surface area contributed by atoms with E-state index in [0.717, 1.165) is 5.56 Å². The lowest BCUT2D eigenvalue weighted by Crippen LogP contribution is -2.17. The van der Waals surface area contributed by atoms with E-state index in [4.69, 9.17) is 0 Å². The lowest BCUT2D eigenvalue weighted by atomic mass is 10.1. The summed E-state index contributed by atoms with van der Waals surface area (Å²) in [6.07, 6.45) is 2.71. The van der Waals surface area contributed by atoms with Crippen molar-refractivity contribution in [1.82, 2.24) is 30.6 Å². The molecule has 0 amide bonds. The van der Waals surface area contributed by atoms with Crippen LogP contribution in [0.3, 0.4) is 0 Å². The summed E-state index contributed by atoms with van der Waals surface area (Å²) in [5, 5.41) is 30.3. The number of H-pyrrole nitrogens is 1. The van der Waals surface area contributed by atoms with Crippen LogP contribution in [0, 0.1) is 6.92 Å². The number of tetrazole rings is 1. The van der Waals surface area contributed by atoms with E-state index in [1.807, 2.05) is 30.3 Å². The molecule has 0 saturated heterocycles. The standard InChI is InChI=1S/C21H22N8O3S/c1-13-10-15(8-9-18(13)33(2,31)32)23-21-22-11-16(20-26-28-29-27-20)19(25-21)24-17(12-30)14-6-4-3-5-7-14/h3-11,17,30H,12H2,1-2H3,(H2,22,23,24,25)(H,26,27,28,29)/t17-/m1/s1. The molecule has 0 aliphatic rings. The monoisotopic (exact) mass is 466 g/mol. The van der Waals surface area contributed by atoms with Crippen LogP contribution in [0.2, 0.25) is 0 Å². The molecule has 4 N–H and O–H groups in total. The van der Waals surface area contributed by atoms with Gasteiger partial charge in [0, 0.05) is 18.1 Å². The molecule has 4 rings (SSSR count). The van der Waals surface area contributed by atoms with Gasteiger partial charge in [0.1, 0.15) is 5.82 Å². The normalized spacial score (nSPS) is 12.3. The van der Waals surface area contributed by atoms with Crippen molar-refractivity contribution in [2.75, 3.05) is 23.5 Å². The smallest absolute Gasteiger partial charge is 0.229 e. The third-order valence-corrected chi connectivity index (χ3v) is 6.16. The Bertz CT molecular complexity index is 1350. The molecule has 0 aliphatic heterocycles. The van der Waals surface area contributed by atoms with E-state index >= 15 is 0 Å². The van der Waals surface area contributed by atoms with Crippen molar-refractivity contribution in [3.63, 3.8) is 0 Å². The second-order valence-corrected chi connectivity index (χ2v) is 9.34. The fourth-order valence-electron chi connectivity index (χ4n) is 3.35. The lowest BCUT2D eigenvalue weighted by molar-refractivity contribution is 0.276. The van der Waals surface area contributed by atoms with Crippen molar-refractivity contribution in [2.24, 2.45) is 0 Å². The number of sulfone groups is 1. The van der Waals surface area contributed by atoms with E-state index in [9.17, 15) is 13.5 Å². The molecule has 0 fully saturated rings. The maximum Gasteiger partial charge on any atom is 0.229 e. The molecule has 0 saturated carbocycles. The van der Waals surface area contributed by atoms with Crippen molar-refractivity contribution in [3.8, 4) is 11.4 Å². The number of hydrogen-bond acceptors (Lipinski definition) is 10. The van der Waals surface area contributed by atoms with E-state index in [1.54, 1.807) is 25.3 Å². The zero-order valence-corrected chi connectivity index (χ0v) is 18.7. The van der Waals surface area contributed by atoms with E-state index in [2.05, 4.69) is 41.2 Å². The van der Waals surface area contributed by atoms with Crippen molar-refractivity contribution >= 4 is 27.3 Å². The van der Waals surface area contributed by atoms with Crippen molar-refractivity contribution < 1.29 is 13.5 Å². The highest BCUT2D eigenvalue weighted by Gasteiger charge is 2.18. The highest BCUT2D eigenvalue weighted by Crippen LogP contribution is 2.28. The van der Waals surface area contributed by atoms with Crippen LogP contribution in [0.1, 0.15) is 17.2 Å². The molecular formula is C21H22N8O3S. The molecule has 0 spiro atoms. The summed E-state index contributed by atoms with van der Waals surface area (Å²) in [5.41, 5.74) is 2.60. The Kier molecular flexibility index (Phi) is 6.29. The molecule has 0 bridgehead atoms. The van der Waals surface area contributed by atoms with Gasteiger partial charge in [-0.2, -0.15) is 10.2 Å². The van der Waals surface area contributed by atoms with E-state index < -0.39 is 15.9 Å². The summed E-state index contributed by atoms with van der Waals surface area (Å²) >= 11 is 0. The molecule has 33 heavy (non-hydrogen) atoms. The van der Waals surface area contributed by atoms with Crippen LogP contribution in [0.4, 0.5) is 17.5 Å². The molecule has 170 valence electrons. The second kappa shape index (κ2) is 9.30. The maximum atomic E-state index is 11.9. The third-order valence-electron chi connectivity index (χ3n) is 4.90. The summed E-state index contributed by atoms with van der Waals surface area (Å²) in [7, 11) is -3.32. The van der Waals surface area contributed by atoms with Gasteiger partial charge in [-0.25, -0.2) is 13.4 Å². The van der Waals surface area contributed by atoms with Gasteiger partial charge < -0.3 is 15.7 Å². The van der Waals surface area contributed by atoms with E-state index in [0.29, 0.717) is 28.5 Å². The fraction of sp³-hybridized carbons (Fsp3) is 0.190. The van der Waals surface area contributed by atoms with Gasteiger partial charge in [-0.3, -0.25) is 0 Å². The number of hydrogen-bond donors (Lipinski definition) is 4. The predicted octanol–water partition coefficient (Wildman–Crippen LogP) is 2.26. The number of rotatable bonds is 8. The highest BCUT2D eigenvalue weighted by molar-refractivity contribution is 7.90. The molecule has 0 aliphatic carbocycles. The minimum absolute atomic E-state index is 0.172. The Morgan fingerprint density at radius 2 is 1.94 bits per heavy atom. The minimum atomic E-state index is -3.32. The molecule has 0 unspecified atom stereocenters. The van der Waals surface area contributed by atoms with Crippen LogP contribution in [0.25, 0.3) is 11.4 Å². The van der Waals surface area contributed by atoms with Gasteiger partial charge in [0.05, 0.1) is 23.1 Å². The Morgan fingerprint density at radius 3 is 2.58 bits per heavy atom. The minimum Gasteiger partial charge on any atom is -0.394 e. The number of nitrogens with one attached hydrogen (secondary N) is 3. The first-order chi connectivity index (χ1) is 15.8. The molecular weight excluding hydrogens is 444 g/mol. The largest absolute Gasteiger partial charge is 0.394 e. The SMILES string of the molecule is Cc1cc(Nc2ncc(-c3nn[nH]n3)c(N[C@H](CO)c3ccccc3)n2)ccc1S(C)(=O)=O. The third kappa shape index (κ3) is 5.13. The van der Waals surface area contributed by atoms with Gasteiger partial charge in [-0.05, 0) is 41.5 Å². The molecule has 2 aromatic heterocycles. The van der Waals surface area contributed by atoms with Crippen LogP contribution in [-0.4, -0.2) is 57.0 Å². The van der Waals surface area contributed by atoms with Crippen LogP contribution < -0.4 is 10.6 Å². The Balaban J connectivity index is 1.67. The zero-order valence-electron chi connectivity index (χ0n) is 17.9. The molecule has 11 nitrogen and oxygen atoms in total. The molecule has 12 heteroatoms. The number of anilines is 3. The first-order valence-corrected chi connectivity index (χ1v) is 11.8. The molecule has 1 atom stereocenters. The summed E-state index contributed by atoms with van der Waals surface area (Å²) in [6, 6.07) is 13.9. The number of benzene rings is 2. The second-order valence-electron chi connectivity index (χ2n) is 7.36. The van der Waals surface area contributed by atoms with Crippen molar-refractivity contribution in [3.05, 3.63) is 65.9 Å². The summed E-state index contributed by atoms with van der Waals surface area (Å²) in [6.45, 7) is 1.55. The topological polar surface area (TPSA) is 159 Å². The summed E-state index contributed by atoms with van der Waals surface area (Å²) < 4.78 is 23.7. The van der Waals surface area contributed by atoms with Gasteiger partial charge >= 0.3 is 0 Å². The molecule has 2 aromatic carbocycles. The molecule has 4 aromatic rings. The first kappa shape index (κ1) is 22.3. The summed E-state index contributed by atoms with van der Waals surface area (Å²) in [4.78, 5) is 9.15. The first-order valence-electron chi connectivity index (χ1n) is 9.96. The quantitative estimate of drug-likeness (QED) is 0.303. The van der Waals surface area contributed by atoms with Crippen molar-refractivity contribution in [2.45, 2.75) is 17.9 Å². The maximum absolute atomic E-state index is 11.9. The van der Waals surface area contributed by atoms with Gasteiger partial charge in [0.25, 0.3) is 0 Å².